The first kappa shape index (κ1) is 15.3. The Morgan fingerprint density at radius 1 is 1.38 bits per heavy atom. The third-order valence-electron chi connectivity index (χ3n) is 4.36. The van der Waals surface area contributed by atoms with Crippen LogP contribution in [0.15, 0.2) is 35.8 Å². The summed E-state index contributed by atoms with van der Waals surface area (Å²) >= 11 is 1.81. The van der Waals surface area contributed by atoms with E-state index in [1.807, 2.05) is 47.1 Å². The summed E-state index contributed by atoms with van der Waals surface area (Å²) in [4.78, 5) is 16.0. The van der Waals surface area contributed by atoms with Gasteiger partial charge in [0, 0.05) is 24.2 Å². The Hall–Kier alpha value is -2.25. The number of carbonyl (C=O) groups is 1. The summed E-state index contributed by atoms with van der Waals surface area (Å²) in [5.74, 6) is 0.770. The quantitative estimate of drug-likeness (QED) is 0.789. The zero-order chi connectivity index (χ0) is 16.5. The number of thiophene rings is 1. The van der Waals surface area contributed by atoms with Crippen LogP contribution in [0.5, 0.6) is 0 Å². The van der Waals surface area contributed by atoms with E-state index in [9.17, 15) is 4.79 Å². The summed E-state index contributed by atoms with van der Waals surface area (Å²) in [6, 6.07) is 7.73. The number of rotatable bonds is 4. The number of nitrogens with one attached hydrogen (secondary N) is 1. The standard InChI is InChI=1S/C17H19N5OS/c1-12(17-20-19-15-4-2-3-7-22(15)17)18-16(23)11-21-8-5-14-13(10-21)6-9-24-14/h2-4,6-7,9,12H,5,8,10-11H2,1H3,(H,18,23)/t12-/m1/s1. The van der Waals surface area contributed by atoms with Crippen LogP contribution in [0.2, 0.25) is 0 Å². The molecule has 0 unspecified atom stereocenters. The van der Waals surface area contributed by atoms with Crippen LogP contribution in [-0.4, -0.2) is 38.5 Å². The minimum absolute atomic E-state index is 0.0221. The van der Waals surface area contributed by atoms with E-state index in [1.165, 1.54) is 10.4 Å². The lowest BCUT2D eigenvalue weighted by Crippen LogP contribution is -2.40. The van der Waals surface area contributed by atoms with E-state index >= 15 is 0 Å². The molecule has 0 aliphatic carbocycles. The molecule has 1 aliphatic rings. The molecule has 0 bridgehead atoms. The van der Waals surface area contributed by atoms with Gasteiger partial charge < -0.3 is 5.32 Å². The molecular formula is C17H19N5OS. The third-order valence-corrected chi connectivity index (χ3v) is 5.38. The van der Waals surface area contributed by atoms with Crippen molar-refractivity contribution in [3.8, 4) is 0 Å². The van der Waals surface area contributed by atoms with E-state index in [2.05, 4.69) is 31.9 Å². The largest absolute Gasteiger partial charge is 0.345 e. The second-order valence-corrected chi connectivity index (χ2v) is 7.11. The predicted molar refractivity (Wildman–Crippen MR) is 92.8 cm³/mol. The van der Waals surface area contributed by atoms with Crippen molar-refractivity contribution in [3.05, 3.63) is 52.1 Å². The van der Waals surface area contributed by atoms with E-state index < -0.39 is 0 Å². The monoisotopic (exact) mass is 341 g/mol. The summed E-state index contributed by atoms with van der Waals surface area (Å²) in [5, 5.41) is 13.5. The lowest BCUT2D eigenvalue weighted by Gasteiger charge is -2.26. The maximum atomic E-state index is 12.4. The highest BCUT2D eigenvalue weighted by molar-refractivity contribution is 7.10. The zero-order valence-electron chi connectivity index (χ0n) is 13.5. The van der Waals surface area contributed by atoms with Crippen LogP contribution in [0.1, 0.15) is 29.2 Å². The van der Waals surface area contributed by atoms with Crippen LogP contribution < -0.4 is 5.32 Å². The summed E-state index contributed by atoms with van der Waals surface area (Å²) in [6.07, 6.45) is 2.95. The van der Waals surface area contributed by atoms with Gasteiger partial charge in [-0.1, -0.05) is 6.07 Å². The maximum absolute atomic E-state index is 12.4. The van der Waals surface area contributed by atoms with Gasteiger partial charge >= 0.3 is 0 Å². The van der Waals surface area contributed by atoms with E-state index in [0.29, 0.717) is 6.54 Å². The van der Waals surface area contributed by atoms with Gasteiger partial charge in [-0.05, 0) is 42.5 Å². The first-order chi connectivity index (χ1) is 11.7. The first-order valence-electron chi connectivity index (χ1n) is 8.07. The van der Waals surface area contributed by atoms with Gasteiger partial charge in [-0.2, -0.15) is 0 Å². The highest BCUT2D eigenvalue weighted by Gasteiger charge is 2.21. The number of amides is 1. The van der Waals surface area contributed by atoms with E-state index in [1.54, 1.807) is 0 Å². The van der Waals surface area contributed by atoms with Crippen LogP contribution in [0.4, 0.5) is 0 Å². The molecule has 0 fully saturated rings. The Morgan fingerprint density at radius 2 is 2.29 bits per heavy atom. The smallest absolute Gasteiger partial charge is 0.234 e. The lowest BCUT2D eigenvalue weighted by atomic mass is 10.1. The van der Waals surface area contributed by atoms with Crippen LogP contribution >= 0.6 is 11.3 Å². The minimum Gasteiger partial charge on any atom is -0.345 e. The van der Waals surface area contributed by atoms with E-state index in [4.69, 9.17) is 0 Å². The summed E-state index contributed by atoms with van der Waals surface area (Å²) in [6.45, 7) is 4.14. The molecule has 1 N–H and O–H groups in total. The molecule has 0 spiro atoms. The van der Waals surface area contributed by atoms with Crippen molar-refractivity contribution >= 4 is 22.9 Å². The molecule has 124 valence electrons. The normalized spacial score (nSPS) is 16.0. The SMILES string of the molecule is C[C@@H](NC(=O)CN1CCc2sccc2C1)c1nnc2ccccn12. The highest BCUT2D eigenvalue weighted by Crippen LogP contribution is 2.23. The van der Waals surface area contributed by atoms with Crippen LogP contribution in [0.3, 0.4) is 0 Å². The van der Waals surface area contributed by atoms with Gasteiger partial charge in [0.1, 0.15) is 0 Å². The van der Waals surface area contributed by atoms with Gasteiger partial charge in [0.15, 0.2) is 11.5 Å². The zero-order valence-corrected chi connectivity index (χ0v) is 14.3. The molecule has 4 rings (SSSR count). The fourth-order valence-electron chi connectivity index (χ4n) is 3.15. The number of hydrogen-bond acceptors (Lipinski definition) is 5. The Balaban J connectivity index is 1.39. The molecule has 0 saturated heterocycles. The molecule has 3 aromatic heterocycles. The second kappa shape index (κ2) is 6.33. The second-order valence-electron chi connectivity index (χ2n) is 6.11. The highest BCUT2D eigenvalue weighted by atomic mass is 32.1. The fourth-order valence-corrected chi connectivity index (χ4v) is 4.04. The van der Waals surface area contributed by atoms with Crippen LogP contribution in [0.25, 0.3) is 5.65 Å². The van der Waals surface area contributed by atoms with Crippen molar-refractivity contribution in [1.82, 2.24) is 24.8 Å². The molecular weight excluding hydrogens is 322 g/mol. The maximum Gasteiger partial charge on any atom is 0.234 e. The molecule has 3 aromatic rings. The molecule has 0 radical (unpaired) electrons. The number of hydrogen-bond donors (Lipinski definition) is 1. The molecule has 1 amide bonds. The van der Waals surface area contributed by atoms with E-state index in [-0.39, 0.29) is 11.9 Å². The lowest BCUT2D eigenvalue weighted by molar-refractivity contribution is -0.123. The topological polar surface area (TPSA) is 62.5 Å². The van der Waals surface area contributed by atoms with Crippen molar-refractivity contribution < 1.29 is 4.79 Å². The summed E-state index contributed by atoms with van der Waals surface area (Å²) < 4.78 is 1.91. The van der Waals surface area contributed by atoms with Crippen molar-refractivity contribution in [2.24, 2.45) is 0 Å². The molecule has 1 atom stereocenters. The Labute approximate surface area is 144 Å². The Morgan fingerprint density at radius 3 is 3.21 bits per heavy atom. The van der Waals surface area contributed by atoms with Crippen molar-refractivity contribution in [1.29, 1.82) is 0 Å². The van der Waals surface area contributed by atoms with E-state index in [0.717, 1.165) is 31.0 Å². The Kier molecular flexibility index (Phi) is 4.03. The van der Waals surface area contributed by atoms with Gasteiger partial charge in [0.25, 0.3) is 0 Å². The minimum atomic E-state index is -0.184. The van der Waals surface area contributed by atoms with Crippen LogP contribution in [-0.2, 0) is 17.8 Å². The molecule has 24 heavy (non-hydrogen) atoms. The van der Waals surface area contributed by atoms with Gasteiger partial charge in [-0.15, -0.1) is 21.5 Å². The van der Waals surface area contributed by atoms with Gasteiger partial charge in [-0.25, -0.2) is 0 Å². The molecule has 0 aromatic carbocycles. The predicted octanol–water partition coefficient (Wildman–Crippen LogP) is 2.03. The number of fused-ring (bicyclic) bond motifs is 2. The number of pyridine rings is 1. The first-order valence-corrected chi connectivity index (χ1v) is 8.95. The molecule has 0 saturated carbocycles. The number of aromatic nitrogens is 3. The third kappa shape index (κ3) is 2.92. The van der Waals surface area contributed by atoms with Crippen molar-refractivity contribution in [3.63, 3.8) is 0 Å². The Bertz CT molecular complexity index is 871. The molecule has 4 heterocycles. The fraction of sp³-hybridized carbons (Fsp3) is 0.353. The summed E-state index contributed by atoms with van der Waals surface area (Å²) in [7, 11) is 0. The average Bonchev–Trinajstić information content (AvgIpc) is 3.20. The van der Waals surface area contributed by atoms with Gasteiger partial charge in [-0.3, -0.25) is 14.1 Å². The molecule has 6 nitrogen and oxygen atoms in total. The molecule has 1 aliphatic heterocycles. The van der Waals surface area contributed by atoms with Crippen molar-refractivity contribution in [2.45, 2.75) is 25.9 Å². The molecule has 7 heteroatoms. The van der Waals surface area contributed by atoms with Crippen molar-refractivity contribution in [2.75, 3.05) is 13.1 Å². The van der Waals surface area contributed by atoms with Gasteiger partial charge in [0.05, 0.1) is 12.6 Å². The van der Waals surface area contributed by atoms with Gasteiger partial charge in [0.2, 0.25) is 5.91 Å². The van der Waals surface area contributed by atoms with Crippen LogP contribution in [0, 0.1) is 0 Å². The summed E-state index contributed by atoms with van der Waals surface area (Å²) in [5.41, 5.74) is 2.14. The average molecular weight is 341 g/mol. The number of carbonyl (C=O) groups excluding carboxylic acids is 1. The number of nitrogens with zero attached hydrogens (tertiary/aromatic N) is 4.